The Balaban J connectivity index is 1.37. The molecule has 0 spiro atoms. The first-order valence-corrected chi connectivity index (χ1v) is 8.39. The second kappa shape index (κ2) is 5.36. The molecule has 1 aromatic rings. The standard InChI is InChI=1S/C18H24N2O2/c1-11(2)20-7-8-22-15(10-20)18(21)19-17-14-9-12-5-3-4-6-13(12)16(14)17/h3-6,11,14-17H,7-10H2,1-2H3,(H,19,21). The number of hydrogen-bond donors (Lipinski definition) is 1. The van der Waals surface area contributed by atoms with Gasteiger partial charge in [0.25, 0.3) is 5.91 Å². The molecule has 0 radical (unpaired) electrons. The highest BCUT2D eigenvalue weighted by atomic mass is 16.5. The van der Waals surface area contributed by atoms with Crippen molar-refractivity contribution >= 4 is 5.91 Å². The first-order chi connectivity index (χ1) is 10.6. The van der Waals surface area contributed by atoms with Crippen LogP contribution in [0.25, 0.3) is 0 Å². The first kappa shape index (κ1) is 14.2. The van der Waals surface area contributed by atoms with Crippen molar-refractivity contribution in [1.29, 1.82) is 0 Å². The molecule has 22 heavy (non-hydrogen) atoms. The Bertz CT molecular complexity index is 586. The molecule has 1 heterocycles. The summed E-state index contributed by atoms with van der Waals surface area (Å²) in [4.78, 5) is 14.8. The zero-order valence-electron chi connectivity index (χ0n) is 13.3. The summed E-state index contributed by atoms with van der Waals surface area (Å²) in [6.07, 6.45) is 0.794. The van der Waals surface area contributed by atoms with Crippen molar-refractivity contribution in [1.82, 2.24) is 10.2 Å². The molecule has 1 amide bonds. The zero-order valence-corrected chi connectivity index (χ0v) is 13.3. The Morgan fingerprint density at radius 3 is 3.00 bits per heavy atom. The fraction of sp³-hybridized carbons (Fsp3) is 0.611. The van der Waals surface area contributed by atoms with Crippen molar-refractivity contribution in [3.8, 4) is 0 Å². The molecular weight excluding hydrogens is 276 g/mol. The van der Waals surface area contributed by atoms with Crippen LogP contribution in [0.4, 0.5) is 0 Å². The lowest BCUT2D eigenvalue weighted by Gasteiger charge is -2.34. The third-order valence-electron chi connectivity index (χ3n) is 5.47. The molecule has 1 aliphatic heterocycles. The second-order valence-electron chi connectivity index (χ2n) is 7.08. The Kier molecular flexibility index (Phi) is 3.46. The smallest absolute Gasteiger partial charge is 0.250 e. The Labute approximate surface area is 131 Å². The van der Waals surface area contributed by atoms with E-state index in [1.165, 1.54) is 11.1 Å². The number of rotatable bonds is 3. The molecule has 1 saturated heterocycles. The summed E-state index contributed by atoms with van der Waals surface area (Å²) >= 11 is 0. The second-order valence-corrected chi connectivity index (χ2v) is 7.08. The molecular formula is C18H24N2O2. The molecule has 1 N–H and O–H groups in total. The first-order valence-electron chi connectivity index (χ1n) is 8.39. The van der Waals surface area contributed by atoms with E-state index >= 15 is 0 Å². The van der Waals surface area contributed by atoms with Crippen LogP contribution in [-0.2, 0) is 16.0 Å². The normalized spacial score (nSPS) is 33.4. The summed E-state index contributed by atoms with van der Waals surface area (Å²) in [5.41, 5.74) is 2.90. The van der Waals surface area contributed by atoms with Crippen molar-refractivity contribution in [2.45, 2.75) is 44.4 Å². The minimum atomic E-state index is -0.312. The van der Waals surface area contributed by atoms with Gasteiger partial charge >= 0.3 is 0 Å². The average molecular weight is 300 g/mol. The highest BCUT2D eigenvalue weighted by Crippen LogP contribution is 2.56. The maximum absolute atomic E-state index is 12.5. The third-order valence-corrected chi connectivity index (χ3v) is 5.47. The molecule has 3 aliphatic rings. The fourth-order valence-electron chi connectivity index (χ4n) is 4.10. The highest BCUT2D eigenvalue weighted by molar-refractivity contribution is 5.82. The van der Waals surface area contributed by atoms with Gasteiger partial charge in [-0.15, -0.1) is 0 Å². The summed E-state index contributed by atoms with van der Waals surface area (Å²) < 4.78 is 5.69. The maximum atomic E-state index is 12.5. The van der Waals surface area contributed by atoms with Gasteiger partial charge in [-0.2, -0.15) is 0 Å². The molecule has 2 fully saturated rings. The number of nitrogens with one attached hydrogen (secondary N) is 1. The van der Waals surface area contributed by atoms with E-state index < -0.39 is 0 Å². The van der Waals surface area contributed by atoms with Crippen LogP contribution in [0.1, 0.15) is 30.9 Å². The van der Waals surface area contributed by atoms with Crippen molar-refractivity contribution in [2.24, 2.45) is 5.92 Å². The van der Waals surface area contributed by atoms with Crippen molar-refractivity contribution < 1.29 is 9.53 Å². The number of fused-ring (bicyclic) bond motifs is 3. The lowest BCUT2D eigenvalue weighted by Crippen LogP contribution is -2.52. The van der Waals surface area contributed by atoms with Crippen LogP contribution in [0.15, 0.2) is 24.3 Å². The van der Waals surface area contributed by atoms with E-state index in [-0.39, 0.29) is 12.0 Å². The van der Waals surface area contributed by atoms with E-state index in [2.05, 4.69) is 48.3 Å². The number of nitrogens with zero attached hydrogens (tertiary/aromatic N) is 1. The summed E-state index contributed by atoms with van der Waals surface area (Å²) in [7, 11) is 0. The van der Waals surface area contributed by atoms with Gasteiger partial charge in [0.05, 0.1) is 6.61 Å². The van der Waals surface area contributed by atoms with Crippen molar-refractivity contribution in [3.63, 3.8) is 0 Å². The zero-order chi connectivity index (χ0) is 15.3. The van der Waals surface area contributed by atoms with Crippen LogP contribution in [0.3, 0.4) is 0 Å². The van der Waals surface area contributed by atoms with Gasteiger partial charge in [-0.3, -0.25) is 9.69 Å². The Hall–Kier alpha value is -1.39. The number of carbonyl (C=O) groups is 1. The van der Waals surface area contributed by atoms with Crippen molar-refractivity contribution in [2.75, 3.05) is 19.7 Å². The predicted molar refractivity (Wildman–Crippen MR) is 84.8 cm³/mol. The molecule has 4 unspecified atom stereocenters. The number of benzene rings is 1. The van der Waals surface area contributed by atoms with Crippen molar-refractivity contribution in [3.05, 3.63) is 35.4 Å². The number of amides is 1. The number of hydrogen-bond acceptors (Lipinski definition) is 3. The Morgan fingerprint density at radius 2 is 2.18 bits per heavy atom. The molecule has 1 aromatic carbocycles. The molecule has 4 rings (SSSR count). The summed E-state index contributed by atoms with van der Waals surface area (Å²) in [6.45, 7) is 6.62. The van der Waals surface area contributed by atoms with E-state index in [9.17, 15) is 4.79 Å². The predicted octanol–water partition coefficient (Wildman–Crippen LogP) is 1.55. The van der Waals surface area contributed by atoms with E-state index in [0.717, 1.165) is 13.0 Å². The molecule has 0 bridgehead atoms. The molecule has 1 saturated carbocycles. The number of morpholine rings is 1. The molecule has 4 atom stereocenters. The quantitative estimate of drug-likeness (QED) is 0.921. The van der Waals surface area contributed by atoms with Gasteiger partial charge < -0.3 is 10.1 Å². The minimum Gasteiger partial charge on any atom is -0.366 e. The van der Waals surface area contributed by atoms with Gasteiger partial charge in [0.1, 0.15) is 6.10 Å². The van der Waals surface area contributed by atoms with E-state index in [0.29, 0.717) is 37.1 Å². The number of ether oxygens (including phenoxy) is 1. The van der Waals surface area contributed by atoms with Crippen LogP contribution in [0, 0.1) is 5.92 Å². The van der Waals surface area contributed by atoms with Gasteiger partial charge in [0, 0.05) is 31.1 Å². The summed E-state index contributed by atoms with van der Waals surface area (Å²) in [5.74, 6) is 1.21. The van der Waals surface area contributed by atoms with Gasteiger partial charge in [-0.1, -0.05) is 24.3 Å². The fourth-order valence-corrected chi connectivity index (χ4v) is 4.10. The van der Waals surface area contributed by atoms with Gasteiger partial charge in [0.15, 0.2) is 0 Å². The van der Waals surface area contributed by atoms with Crippen LogP contribution >= 0.6 is 0 Å². The lowest BCUT2D eigenvalue weighted by atomic mass is 10.1. The Morgan fingerprint density at radius 1 is 1.36 bits per heavy atom. The highest BCUT2D eigenvalue weighted by Gasteiger charge is 2.56. The van der Waals surface area contributed by atoms with Crippen LogP contribution in [-0.4, -0.2) is 48.7 Å². The van der Waals surface area contributed by atoms with Crippen LogP contribution in [0.2, 0.25) is 0 Å². The molecule has 4 heteroatoms. The lowest BCUT2D eigenvalue weighted by molar-refractivity contribution is -0.139. The van der Waals surface area contributed by atoms with E-state index in [4.69, 9.17) is 4.74 Å². The van der Waals surface area contributed by atoms with Crippen LogP contribution in [0.5, 0.6) is 0 Å². The third kappa shape index (κ3) is 2.34. The van der Waals surface area contributed by atoms with Gasteiger partial charge in [-0.05, 0) is 37.3 Å². The SMILES string of the molecule is CC(C)N1CCOC(C(=O)NC2C3Cc4ccccc4C32)C1. The average Bonchev–Trinajstić information content (AvgIpc) is 3.04. The van der Waals surface area contributed by atoms with Gasteiger partial charge in [-0.25, -0.2) is 0 Å². The van der Waals surface area contributed by atoms with Crippen LogP contribution < -0.4 is 5.32 Å². The van der Waals surface area contributed by atoms with Gasteiger partial charge in [0.2, 0.25) is 0 Å². The number of carbonyl (C=O) groups excluding carboxylic acids is 1. The van der Waals surface area contributed by atoms with E-state index in [1.807, 2.05) is 0 Å². The molecule has 4 nitrogen and oxygen atoms in total. The molecule has 0 aromatic heterocycles. The summed E-state index contributed by atoms with van der Waals surface area (Å²) in [6, 6.07) is 9.41. The largest absolute Gasteiger partial charge is 0.366 e. The summed E-state index contributed by atoms with van der Waals surface area (Å²) in [5, 5.41) is 3.24. The topological polar surface area (TPSA) is 41.6 Å². The van der Waals surface area contributed by atoms with E-state index in [1.54, 1.807) is 0 Å². The monoisotopic (exact) mass is 300 g/mol. The minimum absolute atomic E-state index is 0.0715. The maximum Gasteiger partial charge on any atom is 0.250 e. The molecule has 2 aliphatic carbocycles. The molecule has 118 valence electrons.